The Bertz CT molecular complexity index is 912. The van der Waals surface area contributed by atoms with Crippen molar-refractivity contribution in [3.05, 3.63) is 47.2 Å². The quantitative estimate of drug-likeness (QED) is 0.790. The summed E-state index contributed by atoms with van der Waals surface area (Å²) < 4.78 is 2.09. The molecular formula is C20H25N5. The average Bonchev–Trinajstić information content (AvgIpc) is 3.04. The second-order valence-corrected chi connectivity index (χ2v) is 6.78. The van der Waals surface area contributed by atoms with E-state index in [9.17, 15) is 0 Å². The molecule has 4 rings (SSSR count). The summed E-state index contributed by atoms with van der Waals surface area (Å²) in [6, 6.07) is 8.78. The van der Waals surface area contributed by atoms with Gasteiger partial charge in [-0.15, -0.1) is 0 Å². The van der Waals surface area contributed by atoms with Crippen LogP contribution in [0, 0.1) is 6.92 Å². The van der Waals surface area contributed by atoms with Crippen molar-refractivity contribution in [3.63, 3.8) is 0 Å². The molecule has 2 aromatic heterocycles. The highest BCUT2D eigenvalue weighted by atomic mass is 15.4. The van der Waals surface area contributed by atoms with Gasteiger partial charge in [0.1, 0.15) is 5.82 Å². The number of nitrogens with one attached hydrogen (secondary N) is 1. The second-order valence-electron chi connectivity index (χ2n) is 6.78. The molecule has 1 aromatic carbocycles. The Morgan fingerprint density at radius 3 is 2.80 bits per heavy atom. The first-order valence-corrected chi connectivity index (χ1v) is 9.27. The lowest BCUT2D eigenvalue weighted by Gasteiger charge is -2.27. The molecule has 3 aromatic rings. The highest BCUT2D eigenvalue weighted by molar-refractivity contribution is 5.93. The third-order valence-corrected chi connectivity index (χ3v) is 5.12. The van der Waals surface area contributed by atoms with Crippen LogP contribution >= 0.6 is 0 Å². The number of benzene rings is 1. The number of anilines is 1. The van der Waals surface area contributed by atoms with E-state index < -0.39 is 0 Å². The molecule has 0 saturated carbocycles. The summed E-state index contributed by atoms with van der Waals surface area (Å²) in [5.74, 6) is 2.08. The number of nitrogens with zero attached hydrogens (tertiary/aromatic N) is 4. The lowest BCUT2D eigenvalue weighted by Crippen LogP contribution is -2.32. The van der Waals surface area contributed by atoms with E-state index in [-0.39, 0.29) is 0 Å². The van der Waals surface area contributed by atoms with Crippen molar-refractivity contribution in [2.45, 2.75) is 59.0 Å². The van der Waals surface area contributed by atoms with Gasteiger partial charge in [-0.1, -0.05) is 32.0 Å². The summed E-state index contributed by atoms with van der Waals surface area (Å²) in [6.07, 6.45) is 3.94. The fraction of sp³-hybridized carbons (Fsp3) is 0.450. The molecule has 130 valence electrons. The fourth-order valence-corrected chi connectivity index (χ4v) is 3.80. The van der Waals surface area contributed by atoms with E-state index in [2.05, 4.69) is 65.1 Å². The van der Waals surface area contributed by atoms with E-state index in [1.54, 1.807) is 0 Å². The monoisotopic (exact) mass is 335 g/mol. The molecule has 0 saturated heterocycles. The highest BCUT2D eigenvalue weighted by Gasteiger charge is 2.23. The van der Waals surface area contributed by atoms with Crippen molar-refractivity contribution < 1.29 is 0 Å². The molecule has 1 unspecified atom stereocenters. The van der Waals surface area contributed by atoms with Crippen LogP contribution < -0.4 is 5.32 Å². The van der Waals surface area contributed by atoms with E-state index in [0.29, 0.717) is 6.04 Å². The van der Waals surface area contributed by atoms with Gasteiger partial charge in [0.05, 0.1) is 12.1 Å². The molecule has 1 aliphatic heterocycles. The normalized spacial score (nSPS) is 16.8. The van der Waals surface area contributed by atoms with Crippen LogP contribution in [-0.2, 0) is 25.8 Å². The number of rotatable bonds is 4. The Morgan fingerprint density at radius 2 is 2.00 bits per heavy atom. The molecule has 3 heterocycles. The maximum Gasteiger partial charge on any atom is 0.150 e. The molecule has 5 heteroatoms. The van der Waals surface area contributed by atoms with Gasteiger partial charge >= 0.3 is 0 Å². The first-order chi connectivity index (χ1) is 12.2. The summed E-state index contributed by atoms with van der Waals surface area (Å²) in [6.45, 7) is 7.30. The molecule has 0 spiro atoms. The van der Waals surface area contributed by atoms with Gasteiger partial charge in [0.15, 0.2) is 5.82 Å². The minimum absolute atomic E-state index is 0.370. The van der Waals surface area contributed by atoms with E-state index in [1.165, 1.54) is 16.6 Å². The minimum Gasteiger partial charge on any atom is -0.380 e. The topological polar surface area (TPSA) is 55.6 Å². The first kappa shape index (κ1) is 16.1. The van der Waals surface area contributed by atoms with Gasteiger partial charge in [0.2, 0.25) is 0 Å². The predicted octanol–water partition coefficient (Wildman–Crippen LogP) is 3.69. The first-order valence-electron chi connectivity index (χ1n) is 9.27. The standard InChI is InChI=1S/C20H25N5/c1-4-15-13(3)21-17-9-7-6-8-16(17)20(15)22-14-10-11-19-23-18(5-2)24-25(19)12-14/h6-9,14H,4-5,10-12H2,1-3H3,(H,21,22). The van der Waals surface area contributed by atoms with Crippen molar-refractivity contribution in [2.24, 2.45) is 0 Å². The van der Waals surface area contributed by atoms with Gasteiger partial charge in [0.25, 0.3) is 0 Å². The van der Waals surface area contributed by atoms with E-state index in [1.807, 2.05) is 0 Å². The third-order valence-electron chi connectivity index (χ3n) is 5.12. The Labute approximate surface area is 148 Å². The number of fused-ring (bicyclic) bond motifs is 2. The lowest BCUT2D eigenvalue weighted by atomic mass is 10.0. The Morgan fingerprint density at radius 1 is 1.16 bits per heavy atom. The maximum absolute atomic E-state index is 4.78. The molecule has 0 fully saturated rings. The van der Waals surface area contributed by atoms with Crippen LogP contribution in [-0.4, -0.2) is 25.8 Å². The van der Waals surface area contributed by atoms with Gasteiger partial charge < -0.3 is 5.32 Å². The van der Waals surface area contributed by atoms with Gasteiger partial charge in [-0.05, 0) is 31.4 Å². The number of hydrogen-bond donors (Lipinski definition) is 1. The summed E-state index contributed by atoms with van der Waals surface area (Å²) in [4.78, 5) is 9.41. The molecule has 5 nitrogen and oxygen atoms in total. The van der Waals surface area contributed by atoms with Crippen molar-refractivity contribution in [1.82, 2.24) is 19.7 Å². The molecule has 1 aliphatic rings. The summed E-state index contributed by atoms with van der Waals surface area (Å²) >= 11 is 0. The van der Waals surface area contributed by atoms with E-state index >= 15 is 0 Å². The summed E-state index contributed by atoms with van der Waals surface area (Å²) in [5.41, 5.74) is 4.74. The van der Waals surface area contributed by atoms with E-state index in [4.69, 9.17) is 4.98 Å². The van der Waals surface area contributed by atoms with Crippen LogP contribution in [0.4, 0.5) is 5.69 Å². The average molecular weight is 335 g/mol. The molecule has 0 aliphatic carbocycles. The number of aromatic nitrogens is 4. The smallest absolute Gasteiger partial charge is 0.150 e. The minimum atomic E-state index is 0.370. The third kappa shape index (κ3) is 2.88. The van der Waals surface area contributed by atoms with Crippen molar-refractivity contribution in [2.75, 3.05) is 5.32 Å². The van der Waals surface area contributed by atoms with Gasteiger partial charge in [-0.3, -0.25) is 4.98 Å². The predicted molar refractivity (Wildman–Crippen MR) is 101 cm³/mol. The van der Waals surface area contributed by atoms with E-state index in [0.717, 1.165) is 55.1 Å². The zero-order valence-electron chi connectivity index (χ0n) is 15.2. The van der Waals surface area contributed by atoms with Gasteiger partial charge in [0, 0.05) is 35.7 Å². The number of pyridine rings is 1. The molecular weight excluding hydrogens is 310 g/mol. The summed E-state index contributed by atoms with van der Waals surface area (Å²) in [5, 5.41) is 9.67. The van der Waals surface area contributed by atoms with Crippen molar-refractivity contribution in [3.8, 4) is 0 Å². The number of aryl methyl sites for hydroxylation is 3. The van der Waals surface area contributed by atoms with Crippen LogP contribution in [0.1, 0.15) is 43.2 Å². The SMILES string of the molecule is CCc1nc2n(n1)CC(Nc1c(CC)c(C)nc3ccccc13)CC2. The molecule has 1 atom stereocenters. The van der Waals surface area contributed by atoms with Crippen LogP contribution in [0.2, 0.25) is 0 Å². The Kier molecular flexibility index (Phi) is 4.15. The molecule has 25 heavy (non-hydrogen) atoms. The van der Waals surface area contributed by atoms with Crippen LogP contribution in [0.15, 0.2) is 24.3 Å². The maximum atomic E-state index is 4.78. The molecule has 1 N–H and O–H groups in total. The number of hydrogen-bond acceptors (Lipinski definition) is 4. The summed E-state index contributed by atoms with van der Waals surface area (Å²) in [7, 11) is 0. The van der Waals surface area contributed by atoms with Crippen molar-refractivity contribution >= 4 is 16.6 Å². The highest BCUT2D eigenvalue weighted by Crippen LogP contribution is 2.30. The zero-order chi connectivity index (χ0) is 17.4. The molecule has 0 amide bonds. The van der Waals surface area contributed by atoms with Crippen molar-refractivity contribution in [1.29, 1.82) is 0 Å². The molecule has 0 radical (unpaired) electrons. The van der Waals surface area contributed by atoms with Gasteiger partial charge in [-0.2, -0.15) is 5.10 Å². The van der Waals surface area contributed by atoms with Crippen LogP contribution in [0.3, 0.4) is 0 Å². The van der Waals surface area contributed by atoms with Gasteiger partial charge in [-0.25, -0.2) is 9.67 Å². The van der Waals surface area contributed by atoms with Crippen LogP contribution in [0.25, 0.3) is 10.9 Å². The second kappa shape index (κ2) is 6.47. The lowest BCUT2D eigenvalue weighted by molar-refractivity contribution is 0.440. The number of para-hydroxylation sites is 1. The van der Waals surface area contributed by atoms with Crippen LogP contribution in [0.5, 0.6) is 0 Å². The largest absolute Gasteiger partial charge is 0.380 e. The molecule has 0 bridgehead atoms. The zero-order valence-corrected chi connectivity index (χ0v) is 15.2. The Balaban J connectivity index is 1.69. The Hall–Kier alpha value is -2.43. The fourth-order valence-electron chi connectivity index (χ4n) is 3.80.